The van der Waals surface area contributed by atoms with Gasteiger partial charge in [-0.3, -0.25) is 4.72 Å². The first-order valence-electron chi connectivity index (χ1n) is 11.0. The van der Waals surface area contributed by atoms with E-state index in [0.29, 0.717) is 12.4 Å². The third-order valence-corrected chi connectivity index (χ3v) is 6.44. The maximum atomic E-state index is 5.98. The molecule has 0 unspecified atom stereocenters. The first-order chi connectivity index (χ1) is 15.2. The van der Waals surface area contributed by atoms with Crippen LogP contribution in [0, 0.1) is 5.92 Å². The Kier molecular flexibility index (Phi) is 7.66. The van der Waals surface area contributed by atoms with E-state index in [9.17, 15) is 0 Å². The average Bonchev–Trinajstić information content (AvgIpc) is 3.15. The molecule has 1 saturated heterocycles. The molecule has 3 aromatic rings. The summed E-state index contributed by atoms with van der Waals surface area (Å²) in [6, 6.07) is 7.92. The second-order valence-electron chi connectivity index (χ2n) is 8.11. The van der Waals surface area contributed by atoms with Gasteiger partial charge in [-0.05, 0) is 62.2 Å². The average molecular weight is 441 g/mol. The van der Waals surface area contributed by atoms with Crippen LogP contribution in [0.15, 0.2) is 36.8 Å². The summed E-state index contributed by atoms with van der Waals surface area (Å²) in [7, 11) is 0. The quantitative estimate of drug-likeness (QED) is 0.361. The summed E-state index contributed by atoms with van der Waals surface area (Å²) < 4.78 is 8.89. The largest absolute Gasteiger partial charge is 0.492 e. The molecule has 2 aliphatic rings. The van der Waals surface area contributed by atoms with E-state index in [0.717, 1.165) is 40.4 Å². The van der Waals surface area contributed by atoms with Crippen molar-refractivity contribution >= 4 is 28.8 Å². The van der Waals surface area contributed by atoms with Crippen LogP contribution in [0.2, 0.25) is 0 Å². The van der Waals surface area contributed by atoms with Crippen LogP contribution in [0.5, 0.6) is 5.75 Å². The Balaban J connectivity index is 0.000000212. The number of fused-ring (bicyclic) bond motifs is 1. The van der Waals surface area contributed by atoms with Crippen LogP contribution in [-0.2, 0) is 0 Å². The number of nitrogens with zero attached hydrogens (tertiary/aromatic N) is 3. The summed E-state index contributed by atoms with van der Waals surface area (Å²) in [5.41, 5.74) is 8.70. The molecule has 0 spiro atoms. The molecule has 1 aliphatic carbocycles. The summed E-state index contributed by atoms with van der Waals surface area (Å²) in [5, 5.41) is 0.837. The molecule has 2 fully saturated rings. The van der Waals surface area contributed by atoms with Gasteiger partial charge in [0.25, 0.3) is 0 Å². The number of rotatable bonds is 8. The van der Waals surface area contributed by atoms with Gasteiger partial charge in [0.15, 0.2) is 0 Å². The van der Waals surface area contributed by atoms with Crippen LogP contribution < -0.4 is 15.2 Å². The summed E-state index contributed by atoms with van der Waals surface area (Å²) in [6.45, 7) is 5.59. The van der Waals surface area contributed by atoms with E-state index in [4.69, 9.17) is 10.5 Å². The molecule has 0 amide bonds. The number of nitrogens with one attached hydrogen (secondary N) is 2. The fraction of sp³-hybridized carbons (Fsp3) is 0.478. The molecule has 8 heteroatoms. The number of anilines is 1. The summed E-state index contributed by atoms with van der Waals surface area (Å²) in [6.07, 6.45) is 11.3. The molecule has 4 N–H and O–H groups in total. The maximum absolute atomic E-state index is 5.98. The Bertz CT molecular complexity index is 958. The molecule has 31 heavy (non-hydrogen) atoms. The number of ether oxygens (including phenoxy) is 1. The van der Waals surface area contributed by atoms with Gasteiger partial charge < -0.3 is 20.4 Å². The summed E-state index contributed by atoms with van der Waals surface area (Å²) in [5.74, 6) is 2.38. The number of hydrogen-bond acceptors (Lipinski definition) is 7. The van der Waals surface area contributed by atoms with E-state index >= 15 is 0 Å². The highest BCUT2D eigenvalue weighted by atomic mass is 32.2. The van der Waals surface area contributed by atoms with Crippen molar-refractivity contribution in [2.75, 3.05) is 44.8 Å². The lowest BCUT2D eigenvalue weighted by molar-refractivity contribution is 0.121. The van der Waals surface area contributed by atoms with Crippen molar-refractivity contribution < 1.29 is 4.74 Å². The molecule has 3 heterocycles. The fourth-order valence-corrected chi connectivity index (χ4v) is 4.17. The zero-order valence-corrected chi connectivity index (χ0v) is 19.0. The minimum absolute atomic E-state index is 0.469. The smallest absolute Gasteiger partial charge is 0.143 e. The molecule has 1 saturated carbocycles. The van der Waals surface area contributed by atoms with Gasteiger partial charge in [-0.15, -0.1) is 0 Å². The number of H-pyrrole nitrogens is 1. The van der Waals surface area contributed by atoms with Gasteiger partial charge >= 0.3 is 0 Å². The predicted molar refractivity (Wildman–Crippen MR) is 129 cm³/mol. The minimum Gasteiger partial charge on any atom is -0.492 e. The van der Waals surface area contributed by atoms with E-state index in [-0.39, 0.29) is 0 Å². The van der Waals surface area contributed by atoms with Gasteiger partial charge in [-0.25, -0.2) is 9.97 Å². The fourth-order valence-electron chi connectivity index (χ4n) is 3.89. The minimum atomic E-state index is 0.469. The summed E-state index contributed by atoms with van der Waals surface area (Å²) >= 11 is 1.58. The van der Waals surface area contributed by atoms with Gasteiger partial charge in [0.05, 0.1) is 5.39 Å². The van der Waals surface area contributed by atoms with Gasteiger partial charge in [-0.1, -0.05) is 30.5 Å². The number of aromatic amines is 1. The van der Waals surface area contributed by atoms with Crippen molar-refractivity contribution in [3.05, 3.63) is 36.8 Å². The third-order valence-electron chi connectivity index (χ3n) is 5.95. The van der Waals surface area contributed by atoms with Crippen molar-refractivity contribution in [3.8, 4) is 16.9 Å². The van der Waals surface area contributed by atoms with E-state index in [1.54, 1.807) is 11.9 Å². The Morgan fingerprint density at radius 2 is 2.13 bits per heavy atom. The molecule has 1 aliphatic heterocycles. The number of nitrogens with two attached hydrogens (primary N) is 1. The van der Waals surface area contributed by atoms with Crippen LogP contribution in [0.1, 0.15) is 25.7 Å². The van der Waals surface area contributed by atoms with Crippen molar-refractivity contribution in [3.63, 3.8) is 0 Å². The van der Waals surface area contributed by atoms with Gasteiger partial charge in [-0.2, -0.15) is 0 Å². The van der Waals surface area contributed by atoms with Crippen molar-refractivity contribution in [2.24, 2.45) is 5.92 Å². The van der Waals surface area contributed by atoms with Crippen LogP contribution in [0.4, 0.5) is 5.82 Å². The monoisotopic (exact) mass is 440 g/mol. The lowest BCUT2D eigenvalue weighted by Gasteiger charge is -2.37. The van der Waals surface area contributed by atoms with Gasteiger partial charge in [0, 0.05) is 24.8 Å². The first-order valence-corrected chi connectivity index (χ1v) is 12.3. The van der Waals surface area contributed by atoms with Crippen molar-refractivity contribution in [1.82, 2.24) is 24.6 Å². The molecular formula is C23H32N6OS. The van der Waals surface area contributed by atoms with Crippen molar-refractivity contribution in [2.45, 2.75) is 25.7 Å². The highest BCUT2D eigenvalue weighted by molar-refractivity contribution is 7.96. The Morgan fingerprint density at radius 3 is 2.84 bits per heavy atom. The molecule has 2 aromatic heterocycles. The van der Waals surface area contributed by atoms with E-state index < -0.39 is 0 Å². The van der Waals surface area contributed by atoms with Gasteiger partial charge in [0.1, 0.15) is 30.1 Å². The topological polar surface area (TPSA) is 92.1 Å². The van der Waals surface area contributed by atoms with E-state index in [2.05, 4.69) is 24.6 Å². The standard InChI is InChI=1S/C15H17N5OS.C8H15N/c1-22-20-5-6-21-11-4-2-3-10(7-11)12-8-17-15-13(12)14(16)18-9-19-15;1-3-8(4-1)7-9-5-2-6-9/h2-4,7-9,20H,5-6H2,1H3,(H3,16,17,18,19);8H,1-7H2. The zero-order chi connectivity index (χ0) is 21.5. The third kappa shape index (κ3) is 5.70. The Hall–Kier alpha value is -2.29. The van der Waals surface area contributed by atoms with Crippen LogP contribution in [0.25, 0.3) is 22.2 Å². The Labute approximate surface area is 188 Å². The van der Waals surface area contributed by atoms with Crippen LogP contribution in [-0.4, -0.2) is 58.9 Å². The normalized spacial score (nSPS) is 16.3. The first kappa shape index (κ1) is 21.9. The zero-order valence-electron chi connectivity index (χ0n) is 18.1. The molecule has 7 nitrogen and oxygen atoms in total. The Morgan fingerprint density at radius 1 is 1.26 bits per heavy atom. The maximum Gasteiger partial charge on any atom is 0.143 e. The number of hydrogen-bond donors (Lipinski definition) is 3. The van der Waals surface area contributed by atoms with Crippen LogP contribution >= 0.6 is 11.9 Å². The second-order valence-corrected chi connectivity index (χ2v) is 8.81. The lowest BCUT2D eigenvalue weighted by Crippen LogP contribution is -2.41. The lowest BCUT2D eigenvalue weighted by atomic mass is 9.84. The molecule has 1 aromatic carbocycles. The van der Waals surface area contributed by atoms with Crippen LogP contribution in [0.3, 0.4) is 0 Å². The number of likely N-dealkylation sites (tertiary alicyclic amines) is 1. The highest BCUT2D eigenvalue weighted by Crippen LogP contribution is 2.32. The van der Waals surface area contributed by atoms with E-state index in [1.807, 2.05) is 36.7 Å². The van der Waals surface area contributed by atoms with Crippen molar-refractivity contribution in [1.29, 1.82) is 0 Å². The molecule has 0 bridgehead atoms. The molecule has 0 atom stereocenters. The molecule has 0 radical (unpaired) electrons. The molecule has 5 rings (SSSR count). The number of nitrogen functional groups attached to an aromatic ring is 1. The highest BCUT2D eigenvalue weighted by Gasteiger charge is 2.23. The number of benzene rings is 1. The molecular weight excluding hydrogens is 408 g/mol. The predicted octanol–water partition coefficient (Wildman–Crippen LogP) is 3.95. The van der Waals surface area contributed by atoms with Gasteiger partial charge in [0.2, 0.25) is 0 Å². The molecule has 166 valence electrons. The SMILES string of the molecule is C1CC(CN2CCC2)C1.CSNCCOc1cccc(-c2c[nH]c3ncnc(N)c23)c1. The number of aromatic nitrogens is 3. The second kappa shape index (κ2) is 10.8. The summed E-state index contributed by atoms with van der Waals surface area (Å²) in [4.78, 5) is 14.0. The van der Waals surface area contributed by atoms with E-state index in [1.165, 1.54) is 51.6 Å².